The molecule has 0 radical (unpaired) electrons. The van der Waals surface area contributed by atoms with E-state index in [1.165, 1.54) is 12.3 Å². The zero-order chi connectivity index (χ0) is 20.5. The van der Waals surface area contributed by atoms with Gasteiger partial charge in [0.25, 0.3) is 5.91 Å². The van der Waals surface area contributed by atoms with Crippen molar-refractivity contribution in [3.63, 3.8) is 0 Å². The Hall–Kier alpha value is -4.07. The summed E-state index contributed by atoms with van der Waals surface area (Å²) in [5.41, 5.74) is 3.56. The van der Waals surface area contributed by atoms with Crippen LogP contribution in [0.5, 0.6) is 5.75 Å². The van der Waals surface area contributed by atoms with Crippen LogP contribution < -0.4 is 10.1 Å². The fourth-order valence-corrected chi connectivity index (χ4v) is 3.35. The van der Waals surface area contributed by atoms with Gasteiger partial charge in [-0.2, -0.15) is 4.98 Å². The van der Waals surface area contributed by atoms with Crippen LogP contribution in [0.15, 0.2) is 60.9 Å². The van der Waals surface area contributed by atoms with Crippen LogP contribution in [0.3, 0.4) is 0 Å². The minimum absolute atomic E-state index is 0.0540. The van der Waals surface area contributed by atoms with Crippen LogP contribution in [-0.4, -0.2) is 32.7 Å². The second-order valence-corrected chi connectivity index (χ2v) is 6.82. The fraction of sp³-hybridized carbons (Fsp3) is 0.0909. The van der Waals surface area contributed by atoms with Crippen molar-refractivity contribution < 1.29 is 13.9 Å². The summed E-state index contributed by atoms with van der Waals surface area (Å²) in [4.78, 5) is 21.0. The summed E-state index contributed by atoms with van der Waals surface area (Å²) in [6, 6.07) is 13.9. The smallest absolute Gasteiger partial charge is 0.259 e. The minimum atomic E-state index is -0.428. The largest absolute Gasteiger partial charge is 0.493 e. The molecule has 4 aromatic rings. The maximum absolute atomic E-state index is 13.9. The van der Waals surface area contributed by atoms with Crippen molar-refractivity contribution in [1.29, 1.82) is 0 Å². The Balaban J connectivity index is 1.36. The first kappa shape index (κ1) is 18.0. The molecular weight excluding hydrogens is 385 g/mol. The Bertz CT molecular complexity index is 1250. The van der Waals surface area contributed by atoms with Gasteiger partial charge in [-0.3, -0.25) is 20.2 Å². The molecule has 148 valence electrons. The number of nitrogens with zero attached hydrogens (tertiary/aromatic N) is 3. The summed E-state index contributed by atoms with van der Waals surface area (Å²) in [6.45, 7) is 0.686. The molecule has 0 atom stereocenters. The molecule has 0 fully saturated rings. The molecule has 0 saturated heterocycles. The molecule has 30 heavy (non-hydrogen) atoms. The molecule has 0 bridgehead atoms. The van der Waals surface area contributed by atoms with Crippen molar-refractivity contribution in [2.45, 2.75) is 6.42 Å². The molecule has 0 spiro atoms. The molecule has 2 aromatic carbocycles. The Morgan fingerprint density at radius 3 is 2.90 bits per heavy atom. The number of hydrogen-bond acceptors (Lipinski definition) is 5. The average Bonchev–Trinajstić information content (AvgIpc) is 3.43. The normalized spacial score (nSPS) is 12.3. The van der Waals surface area contributed by atoms with E-state index < -0.39 is 11.7 Å². The summed E-state index contributed by atoms with van der Waals surface area (Å²) >= 11 is 0. The number of amides is 1. The summed E-state index contributed by atoms with van der Waals surface area (Å²) in [7, 11) is 0. The lowest BCUT2D eigenvalue weighted by atomic mass is 10.0. The van der Waals surface area contributed by atoms with Crippen LogP contribution in [0.25, 0.3) is 22.5 Å². The third kappa shape index (κ3) is 3.39. The number of aromatic nitrogens is 4. The standard InChI is InChI=1S/C22H16FN5O2/c23-18-4-2-1-3-17(18)20-25-22(28-27-20)26-21(29)16-10-15(11-24-12-16)13-5-6-19-14(9-13)7-8-30-19/h1-6,9-12H,7-8H2,(H2,25,26,27,28,29). The number of H-pyrrole nitrogens is 1. The average molecular weight is 401 g/mol. The Labute approximate surface area is 171 Å². The highest BCUT2D eigenvalue weighted by molar-refractivity contribution is 6.03. The SMILES string of the molecule is O=C(Nc1n[nH]c(-c2ccccc2F)n1)c1cncc(-c2ccc3c(c2)CCO3)c1. The Morgan fingerprint density at radius 1 is 1.10 bits per heavy atom. The van der Waals surface area contributed by atoms with Crippen LogP contribution >= 0.6 is 0 Å². The number of ether oxygens (including phenoxy) is 1. The number of fused-ring (bicyclic) bond motifs is 1. The van der Waals surface area contributed by atoms with Crippen LogP contribution in [0.2, 0.25) is 0 Å². The van der Waals surface area contributed by atoms with Gasteiger partial charge in [0.1, 0.15) is 11.6 Å². The number of benzene rings is 2. The first-order valence-corrected chi connectivity index (χ1v) is 9.37. The third-order valence-electron chi connectivity index (χ3n) is 4.86. The molecular formula is C22H16FN5O2. The molecule has 1 aliphatic rings. The van der Waals surface area contributed by atoms with E-state index in [0.717, 1.165) is 28.9 Å². The highest BCUT2D eigenvalue weighted by atomic mass is 19.1. The quantitative estimate of drug-likeness (QED) is 0.542. The van der Waals surface area contributed by atoms with Gasteiger partial charge in [-0.1, -0.05) is 18.2 Å². The van der Waals surface area contributed by atoms with Gasteiger partial charge in [0, 0.05) is 24.4 Å². The van der Waals surface area contributed by atoms with Crippen molar-refractivity contribution >= 4 is 11.9 Å². The van der Waals surface area contributed by atoms with Gasteiger partial charge in [0.15, 0.2) is 5.82 Å². The number of aromatic amines is 1. The second kappa shape index (κ2) is 7.40. The lowest BCUT2D eigenvalue weighted by Gasteiger charge is -2.06. The number of anilines is 1. The monoisotopic (exact) mass is 401 g/mol. The summed E-state index contributed by atoms with van der Waals surface area (Å²) in [6.07, 6.45) is 4.04. The zero-order valence-electron chi connectivity index (χ0n) is 15.7. The van der Waals surface area contributed by atoms with E-state index in [1.807, 2.05) is 12.1 Å². The molecule has 1 amide bonds. The van der Waals surface area contributed by atoms with Gasteiger partial charge >= 0.3 is 0 Å². The molecule has 0 unspecified atom stereocenters. The van der Waals surface area contributed by atoms with Gasteiger partial charge in [-0.05, 0) is 41.5 Å². The number of carbonyl (C=O) groups is 1. The summed E-state index contributed by atoms with van der Waals surface area (Å²) in [5.74, 6) is 0.348. The van der Waals surface area contributed by atoms with E-state index in [-0.39, 0.29) is 17.3 Å². The molecule has 5 rings (SSSR count). The topological polar surface area (TPSA) is 92.8 Å². The lowest BCUT2D eigenvalue weighted by molar-refractivity contribution is 0.102. The van der Waals surface area contributed by atoms with Crippen LogP contribution in [0.1, 0.15) is 15.9 Å². The molecule has 2 N–H and O–H groups in total. The van der Waals surface area contributed by atoms with E-state index in [9.17, 15) is 9.18 Å². The number of hydrogen-bond donors (Lipinski definition) is 2. The van der Waals surface area contributed by atoms with E-state index in [0.29, 0.717) is 12.2 Å². The van der Waals surface area contributed by atoms with Crippen molar-refractivity contribution in [3.8, 4) is 28.3 Å². The van der Waals surface area contributed by atoms with Gasteiger partial charge in [0.2, 0.25) is 5.95 Å². The molecule has 1 aliphatic heterocycles. The third-order valence-corrected chi connectivity index (χ3v) is 4.86. The van der Waals surface area contributed by atoms with E-state index in [4.69, 9.17) is 4.74 Å². The highest BCUT2D eigenvalue weighted by Gasteiger charge is 2.16. The summed E-state index contributed by atoms with van der Waals surface area (Å²) in [5, 5.41) is 9.20. The van der Waals surface area contributed by atoms with E-state index >= 15 is 0 Å². The van der Waals surface area contributed by atoms with Crippen LogP contribution in [0.4, 0.5) is 10.3 Å². The molecule has 0 saturated carbocycles. The van der Waals surface area contributed by atoms with Crippen LogP contribution in [-0.2, 0) is 6.42 Å². The Morgan fingerprint density at radius 2 is 2.00 bits per heavy atom. The number of halogens is 1. The first-order valence-electron chi connectivity index (χ1n) is 9.37. The number of carbonyl (C=O) groups excluding carboxylic acids is 1. The predicted molar refractivity (Wildman–Crippen MR) is 109 cm³/mol. The van der Waals surface area contributed by atoms with E-state index in [1.54, 1.807) is 30.5 Å². The zero-order valence-corrected chi connectivity index (χ0v) is 15.7. The summed E-state index contributed by atoms with van der Waals surface area (Å²) < 4.78 is 19.4. The molecule has 8 heteroatoms. The molecule has 7 nitrogen and oxygen atoms in total. The minimum Gasteiger partial charge on any atom is -0.493 e. The number of pyridine rings is 1. The second-order valence-electron chi connectivity index (χ2n) is 6.82. The highest BCUT2D eigenvalue weighted by Crippen LogP contribution is 2.30. The van der Waals surface area contributed by atoms with Gasteiger partial charge in [-0.25, -0.2) is 4.39 Å². The molecule has 2 aromatic heterocycles. The van der Waals surface area contributed by atoms with Gasteiger partial charge < -0.3 is 4.74 Å². The van der Waals surface area contributed by atoms with Gasteiger partial charge in [0.05, 0.1) is 17.7 Å². The molecule has 3 heterocycles. The fourth-order valence-electron chi connectivity index (χ4n) is 3.35. The van der Waals surface area contributed by atoms with Crippen molar-refractivity contribution in [3.05, 3.63) is 77.9 Å². The predicted octanol–water partition coefficient (Wildman–Crippen LogP) is 3.86. The van der Waals surface area contributed by atoms with Crippen molar-refractivity contribution in [1.82, 2.24) is 20.2 Å². The van der Waals surface area contributed by atoms with Gasteiger partial charge in [-0.15, -0.1) is 5.10 Å². The van der Waals surface area contributed by atoms with Crippen molar-refractivity contribution in [2.75, 3.05) is 11.9 Å². The number of nitrogens with one attached hydrogen (secondary N) is 2. The first-order chi connectivity index (χ1) is 14.7. The maximum Gasteiger partial charge on any atom is 0.259 e. The number of rotatable bonds is 4. The van der Waals surface area contributed by atoms with Crippen LogP contribution in [0, 0.1) is 5.82 Å². The maximum atomic E-state index is 13.9. The molecule has 0 aliphatic carbocycles. The lowest BCUT2D eigenvalue weighted by Crippen LogP contribution is -2.13. The van der Waals surface area contributed by atoms with Crippen molar-refractivity contribution in [2.24, 2.45) is 0 Å². The van der Waals surface area contributed by atoms with E-state index in [2.05, 4.69) is 31.5 Å². The Kier molecular flexibility index (Phi) is 4.44.